The second kappa shape index (κ2) is 15.9. The SMILES string of the molecule is CCc1ccc(OC(F)F)c(-c2nn(CC(=O)N3CCC(CN4CCN(CC(=O)N(C)C)CC4)CC3)cc2NC(=O)c2cnn3cccnc23)c1. The first-order chi connectivity index (χ1) is 24.6. The Morgan fingerprint density at radius 2 is 1.78 bits per heavy atom. The van der Waals surface area contributed by atoms with Crippen molar-refractivity contribution < 1.29 is 27.9 Å². The molecule has 2 saturated heterocycles. The lowest BCUT2D eigenvalue weighted by molar-refractivity contribution is -0.133. The lowest BCUT2D eigenvalue weighted by Crippen LogP contribution is -2.51. The van der Waals surface area contributed by atoms with Crippen LogP contribution in [0.1, 0.15) is 35.7 Å². The van der Waals surface area contributed by atoms with Gasteiger partial charge in [-0.1, -0.05) is 13.0 Å². The maximum atomic E-state index is 13.5. The number of hydrogen-bond acceptors (Lipinski definition) is 9. The van der Waals surface area contributed by atoms with E-state index >= 15 is 0 Å². The molecule has 6 rings (SSSR count). The number of rotatable bonds is 12. The first kappa shape index (κ1) is 35.9. The van der Waals surface area contributed by atoms with Crippen LogP contribution in [0.25, 0.3) is 16.9 Å². The van der Waals surface area contributed by atoms with Crippen LogP contribution in [0.5, 0.6) is 5.75 Å². The van der Waals surface area contributed by atoms with Gasteiger partial charge in [0.1, 0.15) is 23.6 Å². The van der Waals surface area contributed by atoms with E-state index in [-0.39, 0.29) is 46.6 Å². The van der Waals surface area contributed by atoms with Gasteiger partial charge < -0.3 is 24.8 Å². The number of ether oxygens (including phenoxy) is 1. The molecule has 3 aromatic heterocycles. The Labute approximate surface area is 294 Å². The molecule has 3 amide bonds. The zero-order valence-electron chi connectivity index (χ0n) is 29.2. The molecule has 0 aliphatic carbocycles. The van der Waals surface area contributed by atoms with E-state index < -0.39 is 12.5 Å². The maximum Gasteiger partial charge on any atom is 0.387 e. The van der Waals surface area contributed by atoms with Crippen LogP contribution in [0.4, 0.5) is 14.5 Å². The second-order valence-corrected chi connectivity index (χ2v) is 13.2. The predicted molar refractivity (Wildman–Crippen MR) is 185 cm³/mol. The molecule has 0 spiro atoms. The van der Waals surface area contributed by atoms with Crippen LogP contribution in [-0.4, -0.2) is 135 Å². The number of amides is 3. The Bertz CT molecular complexity index is 1840. The van der Waals surface area contributed by atoms with Crippen LogP contribution < -0.4 is 10.1 Å². The van der Waals surface area contributed by atoms with Crippen molar-refractivity contribution in [1.29, 1.82) is 0 Å². The smallest absolute Gasteiger partial charge is 0.387 e. The third-order valence-electron chi connectivity index (χ3n) is 9.56. The molecule has 2 fully saturated rings. The van der Waals surface area contributed by atoms with Crippen molar-refractivity contribution in [3.8, 4) is 17.0 Å². The fourth-order valence-corrected chi connectivity index (χ4v) is 6.58. The molecular weight excluding hydrogens is 662 g/mol. The van der Waals surface area contributed by atoms with Gasteiger partial charge in [0, 0.05) is 84.1 Å². The van der Waals surface area contributed by atoms with Gasteiger partial charge in [-0.25, -0.2) is 9.50 Å². The van der Waals surface area contributed by atoms with Crippen LogP contribution in [0.3, 0.4) is 0 Å². The molecule has 0 saturated carbocycles. The highest BCUT2D eigenvalue weighted by Crippen LogP contribution is 2.36. The zero-order chi connectivity index (χ0) is 36.1. The first-order valence-corrected chi connectivity index (χ1v) is 17.3. The average Bonchev–Trinajstić information content (AvgIpc) is 3.73. The molecular formula is C35H44F2N10O4. The number of nitrogens with one attached hydrogen (secondary N) is 1. The van der Waals surface area contributed by atoms with E-state index in [1.807, 2.05) is 11.8 Å². The topological polar surface area (TPSA) is 133 Å². The molecule has 1 N–H and O–H groups in total. The van der Waals surface area contributed by atoms with Gasteiger partial charge in [-0.2, -0.15) is 19.0 Å². The number of fused-ring (bicyclic) bond motifs is 1. The fraction of sp³-hybridized carbons (Fsp3) is 0.486. The average molecular weight is 707 g/mol. The summed E-state index contributed by atoms with van der Waals surface area (Å²) < 4.78 is 34.7. The van der Waals surface area contributed by atoms with Crippen molar-refractivity contribution in [3.63, 3.8) is 0 Å². The third kappa shape index (κ3) is 8.68. The highest BCUT2D eigenvalue weighted by atomic mass is 19.3. The summed E-state index contributed by atoms with van der Waals surface area (Å²) in [4.78, 5) is 51.5. The van der Waals surface area contributed by atoms with E-state index in [9.17, 15) is 23.2 Å². The summed E-state index contributed by atoms with van der Waals surface area (Å²) in [7, 11) is 3.55. The van der Waals surface area contributed by atoms with Crippen LogP contribution >= 0.6 is 0 Å². The molecule has 272 valence electrons. The standard InChI is InChI=1S/C35H44F2N10O4/c1-4-24-6-7-29(51-35(36)37)26(18-24)32-28(40-34(50)27-19-39-47-11-5-10-38-33(27)47)21-46(41-32)23-31(49)45-12-8-25(9-13-45)20-43-14-16-44(17-15-43)22-30(48)42(2)3/h5-7,10-11,18-19,21,25,35H,4,8-9,12-17,20,22-23H2,1-3H3,(H,40,50). The number of nitrogens with zero attached hydrogens (tertiary/aromatic N) is 9. The summed E-state index contributed by atoms with van der Waals surface area (Å²) in [5.41, 5.74) is 2.08. The normalized spacial score (nSPS) is 16.2. The number of carbonyl (C=O) groups excluding carboxylic acids is 3. The third-order valence-corrected chi connectivity index (χ3v) is 9.56. The molecule has 0 atom stereocenters. The molecule has 2 aliphatic rings. The summed E-state index contributed by atoms with van der Waals surface area (Å²) >= 11 is 0. The number of anilines is 1. The monoisotopic (exact) mass is 706 g/mol. The maximum absolute atomic E-state index is 13.5. The largest absolute Gasteiger partial charge is 0.434 e. The van der Waals surface area contributed by atoms with Gasteiger partial charge in [0.25, 0.3) is 5.91 Å². The van der Waals surface area contributed by atoms with Crippen molar-refractivity contribution in [3.05, 3.63) is 60.2 Å². The van der Waals surface area contributed by atoms with Gasteiger partial charge in [0.2, 0.25) is 11.8 Å². The van der Waals surface area contributed by atoms with E-state index in [0.29, 0.717) is 37.6 Å². The summed E-state index contributed by atoms with van der Waals surface area (Å²) in [6.45, 7) is 4.96. The molecule has 2 aliphatic heterocycles. The predicted octanol–water partition coefficient (Wildman–Crippen LogP) is 2.95. The Morgan fingerprint density at radius 1 is 1.04 bits per heavy atom. The van der Waals surface area contributed by atoms with E-state index in [2.05, 4.69) is 30.3 Å². The molecule has 14 nitrogen and oxygen atoms in total. The number of piperazine rings is 1. The number of piperidine rings is 1. The summed E-state index contributed by atoms with van der Waals surface area (Å²) in [6, 6.07) is 6.55. The summed E-state index contributed by atoms with van der Waals surface area (Å²) in [5.74, 6) is -0.167. The summed E-state index contributed by atoms with van der Waals surface area (Å²) in [6.07, 6.45) is 8.53. The quantitative estimate of drug-likeness (QED) is 0.236. The van der Waals surface area contributed by atoms with Crippen LogP contribution in [0, 0.1) is 5.92 Å². The minimum atomic E-state index is -3.07. The Morgan fingerprint density at radius 3 is 2.49 bits per heavy atom. The Hall–Kier alpha value is -4.96. The minimum Gasteiger partial charge on any atom is -0.434 e. The van der Waals surface area contributed by atoms with Gasteiger partial charge in [-0.05, 0) is 48.9 Å². The molecule has 4 aromatic rings. The molecule has 1 aromatic carbocycles. The van der Waals surface area contributed by atoms with Crippen molar-refractivity contribution >= 4 is 29.1 Å². The molecule has 0 bridgehead atoms. The number of hydrogen-bond donors (Lipinski definition) is 1. The van der Waals surface area contributed by atoms with Gasteiger partial charge in [0.05, 0.1) is 18.4 Å². The fourth-order valence-electron chi connectivity index (χ4n) is 6.58. The zero-order valence-corrected chi connectivity index (χ0v) is 29.2. The molecule has 16 heteroatoms. The second-order valence-electron chi connectivity index (χ2n) is 13.2. The van der Waals surface area contributed by atoms with Crippen LogP contribution in [0.15, 0.2) is 49.1 Å². The molecule has 0 unspecified atom stereocenters. The highest BCUT2D eigenvalue weighted by molar-refractivity contribution is 6.09. The number of likely N-dealkylation sites (N-methyl/N-ethyl adjacent to an activating group) is 1. The number of benzene rings is 1. The van der Waals surface area contributed by atoms with Gasteiger partial charge in [-0.3, -0.25) is 24.0 Å². The van der Waals surface area contributed by atoms with Gasteiger partial charge in [0.15, 0.2) is 5.65 Å². The van der Waals surface area contributed by atoms with Gasteiger partial charge in [-0.15, -0.1) is 0 Å². The highest BCUT2D eigenvalue weighted by Gasteiger charge is 2.28. The Balaban J connectivity index is 1.13. The first-order valence-electron chi connectivity index (χ1n) is 17.3. The van der Waals surface area contributed by atoms with Gasteiger partial charge >= 0.3 is 6.61 Å². The van der Waals surface area contributed by atoms with E-state index in [4.69, 9.17) is 4.74 Å². The lowest BCUT2D eigenvalue weighted by Gasteiger charge is -2.38. The number of aromatic nitrogens is 5. The summed E-state index contributed by atoms with van der Waals surface area (Å²) in [5, 5.41) is 11.7. The number of carbonyl (C=O) groups is 3. The molecule has 0 radical (unpaired) electrons. The number of halogens is 2. The van der Waals surface area contributed by atoms with E-state index in [1.54, 1.807) is 49.6 Å². The van der Waals surface area contributed by atoms with Crippen molar-refractivity contribution in [2.75, 3.05) is 71.8 Å². The van der Waals surface area contributed by atoms with Crippen molar-refractivity contribution in [2.45, 2.75) is 39.3 Å². The molecule has 5 heterocycles. The van der Waals surface area contributed by atoms with Crippen molar-refractivity contribution in [2.24, 2.45) is 5.92 Å². The van der Waals surface area contributed by atoms with E-state index in [1.165, 1.54) is 27.7 Å². The Kier molecular flexibility index (Phi) is 11.2. The minimum absolute atomic E-state index is 0.0993. The van der Waals surface area contributed by atoms with Crippen molar-refractivity contribution in [1.82, 2.24) is 44.0 Å². The van der Waals surface area contributed by atoms with Crippen LogP contribution in [-0.2, 0) is 22.6 Å². The number of aryl methyl sites for hydroxylation is 1. The number of likely N-dealkylation sites (tertiary alicyclic amines) is 1. The van der Waals surface area contributed by atoms with Crippen LogP contribution in [0.2, 0.25) is 0 Å². The molecule has 51 heavy (non-hydrogen) atoms. The number of alkyl halides is 2. The lowest BCUT2D eigenvalue weighted by atomic mass is 9.96. The van der Waals surface area contributed by atoms with E-state index in [0.717, 1.165) is 51.1 Å².